The minimum Gasteiger partial charge on any atom is -0.490 e. The van der Waals surface area contributed by atoms with Crippen molar-refractivity contribution >= 4 is 33.4 Å². The van der Waals surface area contributed by atoms with Crippen LogP contribution < -0.4 is 14.4 Å². The number of hydrogen-bond acceptors (Lipinski definition) is 8. The zero-order valence-corrected chi connectivity index (χ0v) is 28.0. The number of rotatable bonds is 4. The van der Waals surface area contributed by atoms with Crippen LogP contribution in [0.25, 0.3) is 0 Å². The van der Waals surface area contributed by atoms with Gasteiger partial charge in [0.2, 0.25) is 0 Å². The van der Waals surface area contributed by atoms with Gasteiger partial charge in [-0.05, 0) is 98.7 Å². The molecule has 1 saturated carbocycles. The minimum absolute atomic E-state index is 0.0512. The lowest BCUT2D eigenvalue weighted by molar-refractivity contribution is 0.0448. The number of hydrogen-bond donors (Lipinski definition) is 3. The van der Waals surface area contributed by atoms with Gasteiger partial charge in [0.1, 0.15) is 5.75 Å². The van der Waals surface area contributed by atoms with Crippen molar-refractivity contribution in [1.29, 1.82) is 0 Å². The van der Waals surface area contributed by atoms with Crippen molar-refractivity contribution < 1.29 is 32.9 Å². The number of aliphatic hydroxyl groups excluding tert-OH is 2. The van der Waals surface area contributed by atoms with Crippen LogP contribution in [0.1, 0.15) is 60.5 Å². The molecule has 250 valence electrons. The average molecular weight is 674 g/mol. The van der Waals surface area contributed by atoms with Gasteiger partial charge in [-0.1, -0.05) is 29.8 Å². The summed E-state index contributed by atoms with van der Waals surface area (Å²) in [6, 6.07) is 10.6. The highest BCUT2D eigenvalue weighted by atomic mass is 35.5. The molecule has 1 spiro atoms. The van der Waals surface area contributed by atoms with Gasteiger partial charge in [0.05, 0.1) is 31.1 Å². The van der Waals surface area contributed by atoms with E-state index in [1.165, 1.54) is 18.2 Å². The molecule has 6 rings (SSSR count). The van der Waals surface area contributed by atoms with Crippen molar-refractivity contribution in [2.24, 2.45) is 11.8 Å². The highest BCUT2D eigenvalue weighted by Gasteiger charge is 2.44. The Morgan fingerprint density at radius 2 is 2.04 bits per heavy atom. The maximum Gasteiger partial charge on any atom is 0.304 e. The summed E-state index contributed by atoms with van der Waals surface area (Å²) in [6.45, 7) is 3.15. The number of ether oxygens (including phenoxy) is 2. The van der Waals surface area contributed by atoms with Crippen molar-refractivity contribution in [3.63, 3.8) is 0 Å². The fraction of sp³-hybridized carbons (Fsp3) is 0.559. The van der Waals surface area contributed by atoms with Crippen LogP contribution in [-0.2, 0) is 26.8 Å². The molecule has 2 bridgehead atoms. The van der Waals surface area contributed by atoms with E-state index < -0.39 is 34.4 Å². The van der Waals surface area contributed by atoms with Gasteiger partial charge in [0.25, 0.3) is 5.91 Å². The lowest BCUT2D eigenvalue weighted by Gasteiger charge is -2.45. The predicted octanol–water partition coefficient (Wildman–Crippen LogP) is 3.83. The molecule has 4 aliphatic rings. The van der Waals surface area contributed by atoms with Gasteiger partial charge in [-0.25, -0.2) is 4.72 Å². The number of aliphatic hydroxyl groups is 2. The third-order valence-corrected chi connectivity index (χ3v) is 12.1. The summed E-state index contributed by atoms with van der Waals surface area (Å²) in [4.78, 5) is 15.9. The SMILES string of the molecule is COC[C@H](O)CN1[C@@H](C)C/C=C/[C@H](O)[C@@H]2CCC2CN2C[C@@]3(CCCc4cc(Cl)ccc43)COc3ccc(cc32)C(=O)NS1(=O)=O. The van der Waals surface area contributed by atoms with E-state index in [9.17, 15) is 23.4 Å². The summed E-state index contributed by atoms with van der Waals surface area (Å²) in [6.07, 6.45) is 6.81. The summed E-state index contributed by atoms with van der Waals surface area (Å²) in [5.74, 6) is 0.139. The molecular formula is C34H44ClN3O7S. The molecule has 0 aromatic heterocycles. The first-order chi connectivity index (χ1) is 22.0. The Hall–Kier alpha value is -2.67. The standard InChI is InChI=1S/C34H44ClN3O7S/c1-22-5-3-7-31(40)28-11-8-25(28)17-37-20-34(14-4-6-23-15-26(35)10-12-29(23)34)21-45-32-13-9-24(16-30(32)37)33(41)36-46(42,43)38(22)18-27(39)19-44-2/h3,7,9-10,12-13,15-16,22,25,27-28,31,39-40H,4-6,8,11,14,17-21H2,1-2H3,(H,36,41)/b7-3+/t22-,25?,27+,28+,31-,34-/m0/s1. The quantitative estimate of drug-likeness (QED) is 0.418. The highest BCUT2D eigenvalue weighted by molar-refractivity contribution is 7.87. The van der Waals surface area contributed by atoms with Gasteiger partial charge in [0.15, 0.2) is 0 Å². The van der Waals surface area contributed by atoms with Gasteiger partial charge in [-0.15, -0.1) is 0 Å². The molecule has 12 heteroatoms. The molecule has 46 heavy (non-hydrogen) atoms. The number of benzene rings is 2. The molecule has 0 radical (unpaired) electrons. The molecule has 6 atom stereocenters. The fourth-order valence-corrected chi connectivity index (χ4v) is 9.28. The number of carbonyl (C=O) groups is 1. The van der Waals surface area contributed by atoms with Gasteiger partial charge >= 0.3 is 10.2 Å². The van der Waals surface area contributed by atoms with Gasteiger partial charge in [-0.3, -0.25) is 4.79 Å². The van der Waals surface area contributed by atoms with E-state index in [-0.39, 0.29) is 42.4 Å². The molecule has 2 aromatic carbocycles. The number of nitrogens with zero attached hydrogens (tertiary/aromatic N) is 2. The van der Waals surface area contributed by atoms with Crippen LogP contribution in [0.2, 0.25) is 5.02 Å². The highest BCUT2D eigenvalue weighted by Crippen LogP contribution is 2.46. The molecule has 1 amide bonds. The average Bonchev–Trinajstić information content (AvgIpc) is 3.14. The molecule has 2 aliphatic heterocycles. The third kappa shape index (κ3) is 6.68. The maximum absolute atomic E-state index is 13.6. The van der Waals surface area contributed by atoms with Crippen molar-refractivity contribution in [2.45, 2.75) is 69.1 Å². The lowest BCUT2D eigenvalue weighted by atomic mass is 9.68. The largest absolute Gasteiger partial charge is 0.490 e. The first-order valence-electron chi connectivity index (χ1n) is 16.2. The second-order valence-electron chi connectivity index (χ2n) is 13.4. The van der Waals surface area contributed by atoms with Gasteiger partial charge in [-0.2, -0.15) is 12.7 Å². The first-order valence-corrected chi connectivity index (χ1v) is 18.0. The zero-order chi connectivity index (χ0) is 32.6. The summed E-state index contributed by atoms with van der Waals surface area (Å²) >= 11 is 6.40. The Kier molecular flexibility index (Phi) is 9.72. The van der Waals surface area contributed by atoms with E-state index >= 15 is 0 Å². The third-order valence-electron chi connectivity index (χ3n) is 10.3. The maximum atomic E-state index is 13.6. The number of amides is 1. The van der Waals surface area contributed by atoms with Gasteiger partial charge < -0.3 is 24.6 Å². The summed E-state index contributed by atoms with van der Waals surface area (Å²) in [5, 5.41) is 22.4. The van der Waals surface area contributed by atoms with Crippen LogP contribution in [0.3, 0.4) is 0 Å². The fourth-order valence-electron chi connectivity index (χ4n) is 7.69. The number of fused-ring (bicyclic) bond motifs is 4. The topological polar surface area (TPSA) is 129 Å². The smallest absolute Gasteiger partial charge is 0.304 e. The number of aryl methyl sites for hydroxylation is 1. The van der Waals surface area contributed by atoms with Crippen LogP contribution in [0, 0.1) is 11.8 Å². The lowest BCUT2D eigenvalue weighted by Crippen LogP contribution is -2.51. The zero-order valence-electron chi connectivity index (χ0n) is 26.4. The van der Waals surface area contributed by atoms with Gasteiger partial charge in [0, 0.05) is 48.8 Å². The molecule has 1 unspecified atom stereocenters. The number of β-amino-alcohol motifs (C(OH)–C–C–N with tert-alkyl or cyclic N) is 1. The predicted molar refractivity (Wildman–Crippen MR) is 177 cm³/mol. The van der Waals surface area contributed by atoms with Crippen molar-refractivity contribution in [2.75, 3.05) is 44.9 Å². The van der Waals surface area contributed by atoms with Crippen LogP contribution in [0.4, 0.5) is 5.69 Å². The monoisotopic (exact) mass is 673 g/mol. The van der Waals surface area contributed by atoms with Crippen molar-refractivity contribution in [1.82, 2.24) is 9.03 Å². The molecule has 3 N–H and O–H groups in total. The molecule has 1 fully saturated rings. The van der Waals surface area contributed by atoms with E-state index in [2.05, 4.69) is 21.8 Å². The second kappa shape index (κ2) is 13.4. The van der Waals surface area contributed by atoms with E-state index in [4.69, 9.17) is 21.1 Å². The number of nitrogens with one attached hydrogen (secondary N) is 1. The van der Waals surface area contributed by atoms with Crippen LogP contribution in [0.15, 0.2) is 48.6 Å². The Balaban J connectivity index is 1.40. The number of anilines is 1. The minimum atomic E-state index is -4.37. The van der Waals surface area contributed by atoms with E-state index in [1.807, 2.05) is 6.07 Å². The normalized spacial score (nSPS) is 31.0. The van der Waals surface area contributed by atoms with E-state index in [1.54, 1.807) is 37.3 Å². The molecular weight excluding hydrogens is 630 g/mol. The molecule has 2 aromatic rings. The summed E-state index contributed by atoms with van der Waals surface area (Å²) < 4.78 is 42.2. The van der Waals surface area contributed by atoms with Crippen molar-refractivity contribution in [3.8, 4) is 5.75 Å². The molecule has 10 nitrogen and oxygen atoms in total. The Morgan fingerprint density at radius 3 is 2.80 bits per heavy atom. The van der Waals surface area contributed by atoms with Crippen molar-refractivity contribution in [3.05, 3.63) is 70.3 Å². The van der Waals surface area contributed by atoms with E-state index in [0.29, 0.717) is 30.5 Å². The first kappa shape index (κ1) is 33.2. The molecule has 2 aliphatic carbocycles. The Bertz CT molecular complexity index is 1590. The van der Waals surface area contributed by atoms with E-state index in [0.717, 1.165) is 42.1 Å². The van der Waals surface area contributed by atoms with Crippen LogP contribution in [0.5, 0.6) is 5.75 Å². The Labute approximate surface area is 276 Å². The summed E-state index contributed by atoms with van der Waals surface area (Å²) in [5.41, 5.74) is 3.06. The summed E-state index contributed by atoms with van der Waals surface area (Å²) in [7, 11) is -2.95. The second-order valence-corrected chi connectivity index (χ2v) is 15.5. The molecule has 0 saturated heterocycles. The number of methoxy groups -OCH3 is 1. The molecule has 2 heterocycles. The number of carbonyl (C=O) groups excluding carboxylic acids is 1. The Morgan fingerprint density at radius 1 is 1.22 bits per heavy atom. The van der Waals surface area contributed by atoms with Crippen LogP contribution in [-0.4, -0.2) is 87.1 Å². The van der Waals surface area contributed by atoms with Crippen LogP contribution >= 0.6 is 11.6 Å². The number of halogens is 1.